The lowest BCUT2D eigenvalue weighted by atomic mass is 10.0. The summed E-state index contributed by atoms with van der Waals surface area (Å²) in [5.41, 5.74) is 1.28. The third kappa shape index (κ3) is 3.15. The first kappa shape index (κ1) is 17.2. The number of esters is 1. The maximum Gasteiger partial charge on any atom is 0.349 e. The number of ether oxygens (including phenoxy) is 1. The molecule has 0 saturated heterocycles. The number of benzene rings is 1. The molecule has 3 aromatic rings. The minimum atomic E-state index is -0.714. The van der Waals surface area contributed by atoms with E-state index in [2.05, 4.69) is 4.98 Å². The Morgan fingerprint density at radius 1 is 1.20 bits per heavy atom. The number of fused-ring (bicyclic) bond motifs is 1. The minimum absolute atomic E-state index is 0.140. The third-order valence-electron chi connectivity index (χ3n) is 3.56. The van der Waals surface area contributed by atoms with Gasteiger partial charge in [-0.2, -0.15) is 0 Å². The Morgan fingerprint density at radius 2 is 1.88 bits per heavy atom. The van der Waals surface area contributed by atoms with Gasteiger partial charge in [0.15, 0.2) is 5.78 Å². The highest BCUT2D eigenvalue weighted by molar-refractivity contribution is 7.21. The van der Waals surface area contributed by atoms with E-state index in [1.165, 1.54) is 25.3 Å². The van der Waals surface area contributed by atoms with Crippen molar-refractivity contribution in [2.45, 2.75) is 13.8 Å². The van der Waals surface area contributed by atoms with Crippen LogP contribution in [0.3, 0.4) is 0 Å². The van der Waals surface area contributed by atoms with Gasteiger partial charge in [-0.1, -0.05) is 0 Å². The SMILES string of the molecule is CCOC(=O)c1sc2c(-c3cc(F)cc(F)c3)ccnc2c1C(C)=O. The average Bonchev–Trinajstić information content (AvgIpc) is 2.93. The monoisotopic (exact) mass is 361 g/mol. The van der Waals surface area contributed by atoms with Crippen LogP contribution in [0.15, 0.2) is 30.5 Å². The van der Waals surface area contributed by atoms with Crippen molar-refractivity contribution in [1.82, 2.24) is 4.98 Å². The molecular weight excluding hydrogens is 348 g/mol. The highest BCUT2D eigenvalue weighted by atomic mass is 32.1. The molecule has 0 aliphatic carbocycles. The molecule has 0 aliphatic rings. The smallest absolute Gasteiger partial charge is 0.349 e. The highest BCUT2D eigenvalue weighted by Gasteiger charge is 2.25. The van der Waals surface area contributed by atoms with Crippen molar-refractivity contribution in [2.24, 2.45) is 0 Å². The summed E-state index contributed by atoms with van der Waals surface area (Å²) in [5, 5.41) is 0. The number of hydrogen-bond acceptors (Lipinski definition) is 5. The Balaban J connectivity index is 2.31. The van der Waals surface area contributed by atoms with Crippen molar-refractivity contribution in [1.29, 1.82) is 0 Å². The summed E-state index contributed by atoms with van der Waals surface area (Å²) in [6.07, 6.45) is 1.44. The Bertz CT molecular complexity index is 977. The summed E-state index contributed by atoms with van der Waals surface area (Å²) in [6, 6.07) is 4.75. The lowest BCUT2D eigenvalue weighted by Gasteiger charge is -2.04. The number of halogens is 2. The molecule has 2 heterocycles. The van der Waals surface area contributed by atoms with Crippen LogP contribution in [0.2, 0.25) is 0 Å². The molecule has 0 amide bonds. The molecule has 1 aromatic carbocycles. The average molecular weight is 361 g/mol. The molecule has 0 N–H and O–H groups in total. The zero-order valence-corrected chi connectivity index (χ0v) is 14.2. The molecule has 0 unspecified atom stereocenters. The van der Waals surface area contributed by atoms with Crippen LogP contribution in [-0.2, 0) is 4.74 Å². The van der Waals surface area contributed by atoms with Crippen LogP contribution in [0.4, 0.5) is 8.78 Å². The van der Waals surface area contributed by atoms with Gasteiger partial charge in [0, 0.05) is 17.8 Å². The molecule has 0 fully saturated rings. The maximum atomic E-state index is 13.6. The topological polar surface area (TPSA) is 56.3 Å². The zero-order valence-electron chi connectivity index (χ0n) is 13.4. The second-order valence-corrected chi connectivity index (χ2v) is 6.30. The number of ketones is 1. The molecule has 0 aliphatic heterocycles. The van der Waals surface area contributed by atoms with Crippen LogP contribution in [0, 0.1) is 11.6 Å². The summed E-state index contributed by atoms with van der Waals surface area (Å²) in [4.78, 5) is 28.6. The van der Waals surface area contributed by atoms with E-state index >= 15 is 0 Å². The first-order valence-corrected chi connectivity index (χ1v) is 8.30. The van der Waals surface area contributed by atoms with E-state index in [4.69, 9.17) is 4.74 Å². The fourth-order valence-electron chi connectivity index (χ4n) is 2.59. The van der Waals surface area contributed by atoms with Gasteiger partial charge >= 0.3 is 5.97 Å². The number of thiophene rings is 1. The van der Waals surface area contributed by atoms with Gasteiger partial charge < -0.3 is 4.74 Å². The Labute approximate surface area is 146 Å². The van der Waals surface area contributed by atoms with Gasteiger partial charge in [0.1, 0.15) is 16.5 Å². The lowest BCUT2D eigenvalue weighted by Crippen LogP contribution is -2.07. The molecular formula is C18H13F2NO3S. The van der Waals surface area contributed by atoms with Crippen molar-refractivity contribution in [3.05, 3.63) is 52.5 Å². The third-order valence-corrected chi connectivity index (χ3v) is 4.75. The number of Topliss-reactive ketones (excluding diaryl/α,β-unsaturated/α-hetero) is 1. The summed E-state index contributed by atoms with van der Waals surface area (Å²) in [6.45, 7) is 3.16. The van der Waals surface area contributed by atoms with E-state index < -0.39 is 17.6 Å². The van der Waals surface area contributed by atoms with Crippen LogP contribution < -0.4 is 0 Å². The second-order valence-electron chi connectivity index (χ2n) is 5.28. The van der Waals surface area contributed by atoms with E-state index in [9.17, 15) is 18.4 Å². The number of hydrogen-bond donors (Lipinski definition) is 0. The van der Waals surface area contributed by atoms with Crippen molar-refractivity contribution >= 4 is 33.3 Å². The van der Waals surface area contributed by atoms with Gasteiger partial charge in [-0.3, -0.25) is 9.78 Å². The maximum absolute atomic E-state index is 13.6. The number of carbonyl (C=O) groups is 2. The van der Waals surface area contributed by atoms with Crippen LogP contribution in [-0.4, -0.2) is 23.3 Å². The van der Waals surface area contributed by atoms with E-state index in [1.807, 2.05) is 0 Å². The van der Waals surface area contributed by atoms with Crippen LogP contribution in [0.25, 0.3) is 21.3 Å². The predicted octanol–water partition coefficient (Wildman–Crippen LogP) is 4.62. The summed E-state index contributed by atoms with van der Waals surface area (Å²) < 4.78 is 32.7. The van der Waals surface area contributed by atoms with E-state index in [-0.39, 0.29) is 22.8 Å². The normalized spacial score (nSPS) is 10.9. The van der Waals surface area contributed by atoms with E-state index in [0.717, 1.165) is 17.4 Å². The van der Waals surface area contributed by atoms with Gasteiger partial charge in [0.25, 0.3) is 0 Å². The van der Waals surface area contributed by atoms with Gasteiger partial charge in [0.2, 0.25) is 0 Å². The fraction of sp³-hybridized carbons (Fsp3) is 0.167. The molecule has 0 atom stereocenters. The first-order chi connectivity index (χ1) is 11.9. The summed E-state index contributed by atoms with van der Waals surface area (Å²) in [7, 11) is 0. The number of aromatic nitrogens is 1. The van der Waals surface area contributed by atoms with Gasteiger partial charge in [-0.15, -0.1) is 11.3 Å². The van der Waals surface area contributed by atoms with Crippen molar-refractivity contribution < 1.29 is 23.1 Å². The molecule has 3 rings (SSSR count). The number of rotatable bonds is 4. The van der Waals surface area contributed by atoms with Gasteiger partial charge in [-0.05, 0) is 37.6 Å². The molecule has 4 nitrogen and oxygen atoms in total. The molecule has 0 radical (unpaired) electrons. The fourth-order valence-corrected chi connectivity index (χ4v) is 3.83. The van der Waals surface area contributed by atoms with Gasteiger partial charge in [0.05, 0.1) is 22.4 Å². The zero-order chi connectivity index (χ0) is 18.1. The van der Waals surface area contributed by atoms with Crippen molar-refractivity contribution in [2.75, 3.05) is 6.61 Å². The number of pyridine rings is 1. The standard InChI is InChI=1S/C18H13F2NO3S/c1-3-24-18(23)17-14(9(2)22)15-16(25-17)13(4-5-21-15)10-6-11(19)8-12(20)7-10/h4-8H,3H2,1-2H3. The molecule has 0 spiro atoms. The van der Waals surface area contributed by atoms with Crippen LogP contribution in [0.1, 0.15) is 33.9 Å². The first-order valence-electron chi connectivity index (χ1n) is 7.48. The van der Waals surface area contributed by atoms with Crippen molar-refractivity contribution in [3.63, 3.8) is 0 Å². The predicted molar refractivity (Wildman–Crippen MR) is 90.9 cm³/mol. The molecule has 2 aromatic heterocycles. The molecule has 0 bridgehead atoms. The van der Waals surface area contributed by atoms with Gasteiger partial charge in [-0.25, -0.2) is 13.6 Å². The summed E-state index contributed by atoms with van der Waals surface area (Å²) in [5.74, 6) is -2.38. The van der Waals surface area contributed by atoms with E-state index in [0.29, 0.717) is 21.3 Å². The lowest BCUT2D eigenvalue weighted by molar-refractivity contribution is 0.0529. The molecule has 25 heavy (non-hydrogen) atoms. The van der Waals surface area contributed by atoms with E-state index in [1.54, 1.807) is 13.0 Å². The summed E-state index contributed by atoms with van der Waals surface area (Å²) >= 11 is 1.03. The second kappa shape index (κ2) is 6.68. The van der Waals surface area contributed by atoms with Crippen LogP contribution >= 0.6 is 11.3 Å². The molecule has 0 saturated carbocycles. The quantitative estimate of drug-likeness (QED) is 0.503. The largest absolute Gasteiger partial charge is 0.462 e. The molecule has 7 heteroatoms. The Morgan fingerprint density at radius 3 is 2.48 bits per heavy atom. The number of carbonyl (C=O) groups excluding carboxylic acids is 2. The van der Waals surface area contributed by atoms with Crippen molar-refractivity contribution in [3.8, 4) is 11.1 Å². The molecule has 128 valence electrons. The Hall–Kier alpha value is -2.67. The number of nitrogens with zero attached hydrogens (tertiary/aromatic N) is 1. The van der Waals surface area contributed by atoms with Crippen LogP contribution in [0.5, 0.6) is 0 Å². The Kier molecular flexibility index (Phi) is 4.59. The highest BCUT2D eigenvalue weighted by Crippen LogP contribution is 2.38. The minimum Gasteiger partial charge on any atom is -0.462 e.